The highest BCUT2D eigenvalue weighted by Crippen LogP contribution is 2.53. The van der Waals surface area contributed by atoms with Crippen LogP contribution in [0.2, 0.25) is 5.02 Å². The maximum atomic E-state index is 13.5. The standard InChI is InChI=1S/C28H30ClN3O3/c1-28(2)23-13-20-16-32(27(33)19-5-3-4-18(12-19)15-31-11-9-30-17-31)10-8-24(20)34-26(23)22-14-21(29)6-7-25(22)35-28/h3-7,9,11-12,14,17,20,23-24,26H,8,10,13,15-16H2,1-2H3/t20-,23+,24+,26-/m0/s1. The van der Waals surface area contributed by atoms with Crippen molar-refractivity contribution >= 4 is 17.5 Å². The number of ether oxygens (including phenoxy) is 2. The van der Waals surface area contributed by atoms with Crippen LogP contribution in [0.4, 0.5) is 0 Å². The van der Waals surface area contributed by atoms with E-state index in [1.165, 1.54) is 0 Å². The smallest absolute Gasteiger partial charge is 0.253 e. The summed E-state index contributed by atoms with van der Waals surface area (Å²) in [4.78, 5) is 19.6. The number of hydrogen-bond acceptors (Lipinski definition) is 4. The van der Waals surface area contributed by atoms with E-state index in [0.29, 0.717) is 24.7 Å². The molecule has 1 amide bonds. The van der Waals surface area contributed by atoms with Crippen LogP contribution >= 0.6 is 11.6 Å². The van der Waals surface area contributed by atoms with Crippen molar-refractivity contribution < 1.29 is 14.3 Å². The summed E-state index contributed by atoms with van der Waals surface area (Å²) in [5, 5.41) is 0.701. The molecule has 2 saturated heterocycles. The molecule has 35 heavy (non-hydrogen) atoms. The normalized spacial score (nSPS) is 26.8. The van der Waals surface area contributed by atoms with E-state index in [1.807, 2.05) is 58.1 Å². The molecule has 0 N–H and O–H groups in total. The third kappa shape index (κ3) is 4.23. The lowest BCUT2D eigenvalue weighted by Crippen LogP contribution is -2.56. The number of imidazole rings is 1. The maximum absolute atomic E-state index is 13.5. The maximum Gasteiger partial charge on any atom is 0.253 e. The van der Waals surface area contributed by atoms with Gasteiger partial charge in [0, 0.05) is 60.0 Å². The molecule has 0 spiro atoms. The zero-order valence-electron chi connectivity index (χ0n) is 20.1. The molecule has 7 heteroatoms. The van der Waals surface area contributed by atoms with Crippen molar-refractivity contribution in [2.45, 2.75) is 51.0 Å². The van der Waals surface area contributed by atoms with E-state index in [9.17, 15) is 4.79 Å². The number of nitrogens with zero attached hydrogens (tertiary/aromatic N) is 3. The fraction of sp³-hybridized carbons (Fsp3) is 0.429. The summed E-state index contributed by atoms with van der Waals surface area (Å²) in [6, 6.07) is 13.7. The topological polar surface area (TPSA) is 56.6 Å². The SMILES string of the molecule is CC1(C)Oc2ccc(Cl)cc2[C@@H]2O[C@@H]3CCN(C(=O)c4cccc(Cn5ccnc5)c4)C[C@@H]3C[C@H]21. The fourth-order valence-electron chi connectivity index (χ4n) is 6.04. The number of aromatic nitrogens is 2. The van der Waals surface area contributed by atoms with Crippen molar-refractivity contribution in [2.24, 2.45) is 11.8 Å². The summed E-state index contributed by atoms with van der Waals surface area (Å²) < 4.78 is 15.1. The lowest BCUT2D eigenvalue weighted by atomic mass is 9.70. The number of hydrogen-bond donors (Lipinski definition) is 0. The van der Waals surface area contributed by atoms with Crippen LogP contribution < -0.4 is 4.74 Å². The summed E-state index contributed by atoms with van der Waals surface area (Å²) in [5.74, 6) is 1.44. The summed E-state index contributed by atoms with van der Waals surface area (Å²) in [7, 11) is 0. The summed E-state index contributed by atoms with van der Waals surface area (Å²) in [6.45, 7) is 6.39. The van der Waals surface area contributed by atoms with Crippen molar-refractivity contribution in [2.75, 3.05) is 13.1 Å². The molecule has 3 aliphatic heterocycles. The summed E-state index contributed by atoms with van der Waals surface area (Å²) in [5.41, 5.74) is 2.52. The van der Waals surface area contributed by atoms with E-state index in [4.69, 9.17) is 21.1 Å². The van der Waals surface area contributed by atoms with Crippen molar-refractivity contribution in [3.63, 3.8) is 0 Å². The van der Waals surface area contributed by atoms with E-state index < -0.39 is 0 Å². The molecule has 2 fully saturated rings. The largest absolute Gasteiger partial charge is 0.487 e. The van der Waals surface area contributed by atoms with Gasteiger partial charge in [0.1, 0.15) is 11.4 Å². The van der Waals surface area contributed by atoms with Crippen LogP contribution in [-0.4, -0.2) is 45.2 Å². The van der Waals surface area contributed by atoms with Gasteiger partial charge in [-0.05, 0) is 62.6 Å². The lowest BCUT2D eigenvalue weighted by Gasteiger charge is -2.53. The Hall–Kier alpha value is -2.83. The molecular weight excluding hydrogens is 462 g/mol. The van der Waals surface area contributed by atoms with Crippen LogP contribution in [-0.2, 0) is 11.3 Å². The number of benzene rings is 2. The van der Waals surface area contributed by atoms with Crippen molar-refractivity contribution in [3.05, 3.63) is 82.9 Å². The van der Waals surface area contributed by atoms with Crippen LogP contribution in [0.3, 0.4) is 0 Å². The number of fused-ring (bicyclic) bond motifs is 4. The number of likely N-dealkylation sites (tertiary alicyclic amines) is 1. The molecule has 4 atom stereocenters. The molecule has 0 radical (unpaired) electrons. The van der Waals surface area contributed by atoms with Gasteiger partial charge in [-0.25, -0.2) is 4.98 Å². The van der Waals surface area contributed by atoms with Gasteiger partial charge >= 0.3 is 0 Å². The molecule has 0 unspecified atom stereocenters. The van der Waals surface area contributed by atoms with Crippen LogP contribution in [0.15, 0.2) is 61.2 Å². The van der Waals surface area contributed by atoms with Crippen LogP contribution in [0.1, 0.15) is 54.3 Å². The zero-order valence-corrected chi connectivity index (χ0v) is 20.8. The highest BCUT2D eigenvalue weighted by Gasteiger charge is 2.51. The van der Waals surface area contributed by atoms with Crippen molar-refractivity contribution in [1.29, 1.82) is 0 Å². The summed E-state index contributed by atoms with van der Waals surface area (Å²) >= 11 is 6.32. The first-order valence-corrected chi connectivity index (χ1v) is 12.7. The van der Waals surface area contributed by atoms with E-state index >= 15 is 0 Å². The molecule has 3 aliphatic rings. The quantitative estimate of drug-likeness (QED) is 0.494. The van der Waals surface area contributed by atoms with Gasteiger partial charge in [-0.1, -0.05) is 23.7 Å². The molecule has 6 rings (SSSR count). The molecule has 4 heterocycles. The number of rotatable bonds is 3. The Balaban J connectivity index is 1.19. The number of halogens is 1. The second-order valence-electron chi connectivity index (χ2n) is 10.6. The molecule has 2 aromatic carbocycles. The van der Waals surface area contributed by atoms with Crippen LogP contribution in [0.5, 0.6) is 5.75 Å². The minimum absolute atomic E-state index is 0.0317. The Morgan fingerprint density at radius 1 is 1.23 bits per heavy atom. The number of piperidine rings is 1. The number of carbonyl (C=O) groups excluding carboxylic acids is 1. The Morgan fingerprint density at radius 2 is 2.11 bits per heavy atom. The first-order valence-electron chi connectivity index (χ1n) is 12.4. The number of amides is 1. The molecule has 3 aromatic rings. The molecule has 1 aromatic heterocycles. The minimum atomic E-state index is -0.357. The lowest BCUT2D eigenvalue weighted by molar-refractivity contribution is -0.184. The molecular formula is C28H30ClN3O3. The summed E-state index contributed by atoms with van der Waals surface area (Å²) in [6.07, 6.45) is 7.38. The highest BCUT2D eigenvalue weighted by molar-refractivity contribution is 6.30. The molecule has 182 valence electrons. The van der Waals surface area contributed by atoms with E-state index in [-0.39, 0.29) is 35.6 Å². The first-order chi connectivity index (χ1) is 16.9. The Labute approximate surface area is 210 Å². The van der Waals surface area contributed by atoms with Gasteiger partial charge in [-0.15, -0.1) is 0 Å². The predicted molar refractivity (Wildman–Crippen MR) is 134 cm³/mol. The van der Waals surface area contributed by atoms with Gasteiger partial charge in [-0.3, -0.25) is 4.79 Å². The third-order valence-electron chi connectivity index (χ3n) is 7.84. The molecule has 0 saturated carbocycles. The average Bonchev–Trinajstić information content (AvgIpc) is 3.36. The first kappa shape index (κ1) is 22.6. The molecule has 6 nitrogen and oxygen atoms in total. The second-order valence-corrected chi connectivity index (χ2v) is 11.0. The third-order valence-corrected chi connectivity index (χ3v) is 8.07. The predicted octanol–water partition coefficient (Wildman–Crippen LogP) is 5.36. The Bertz CT molecular complexity index is 1240. The van der Waals surface area contributed by atoms with E-state index in [1.54, 1.807) is 12.5 Å². The minimum Gasteiger partial charge on any atom is -0.487 e. The van der Waals surface area contributed by atoms with Gasteiger partial charge in [0.15, 0.2) is 0 Å². The van der Waals surface area contributed by atoms with Gasteiger partial charge in [0.2, 0.25) is 0 Å². The van der Waals surface area contributed by atoms with E-state index in [2.05, 4.69) is 18.8 Å². The fourth-order valence-corrected chi connectivity index (χ4v) is 6.22. The van der Waals surface area contributed by atoms with Crippen LogP contribution in [0.25, 0.3) is 0 Å². The Kier molecular flexibility index (Phi) is 5.61. The average molecular weight is 492 g/mol. The van der Waals surface area contributed by atoms with Crippen molar-refractivity contribution in [3.8, 4) is 5.75 Å². The monoisotopic (exact) mass is 491 g/mol. The van der Waals surface area contributed by atoms with Gasteiger partial charge in [0.05, 0.1) is 18.5 Å². The van der Waals surface area contributed by atoms with Gasteiger partial charge in [0.25, 0.3) is 5.91 Å². The van der Waals surface area contributed by atoms with Crippen LogP contribution in [0, 0.1) is 11.8 Å². The van der Waals surface area contributed by atoms with Gasteiger partial charge < -0.3 is 18.9 Å². The van der Waals surface area contributed by atoms with E-state index in [0.717, 1.165) is 35.3 Å². The second kappa shape index (κ2) is 8.68. The Morgan fingerprint density at radius 3 is 2.94 bits per heavy atom. The molecule has 0 bridgehead atoms. The molecule has 0 aliphatic carbocycles. The zero-order chi connectivity index (χ0) is 24.2. The van der Waals surface area contributed by atoms with Crippen molar-refractivity contribution in [1.82, 2.24) is 14.5 Å². The number of carbonyl (C=O) groups is 1. The highest BCUT2D eigenvalue weighted by atomic mass is 35.5. The van der Waals surface area contributed by atoms with Gasteiger partial charge in [-0.2, -0.15) is 0 Å².